The highest BCUT2D eigenvalue weighted by molar-refractivity contribution is 7.48. The summed E-state index contributed by atoms with van der Waals surface area (Å²) in [6.45, 7) is 4.21. The monoisotopic (exact) mass is 411 g/mol. The van der Waals surface area contributed by atoms with E-state index in [1.807, 2.05) is 6.07 Å². The second kappa shape index (κ2) is 6.20. The van der Waals surface area contributed by atoms with Crippen molar-refractivity contribution in [1.82, 2.24) is 14.6 Å². The Labute approximate surface area is 159 Å². The van der Waals surface area contributed by atoms with Gasteiger partial charge in [0.05, 0.1) is 18.4 Å². The number of alkyl halides is 1. The van der Waals surface area contributed by atoms with E-state index >= 15 is 4.39 Å². The van der Waals surface area contributed by atoms with Gasteiger partial charge in [-0.1, -0.05) is 0 Å². The summed E-state index contributed by atoms with van der Waals surface area (Å²) in [4.78, 5) is 3.88. The number of halogens is 1. The van der Waals surface area contributed by atoms with Crippen molar-refractivity contribution in [2.24, 2.45) is 0 Å². The molecule has 5 atom stereocenters. The molecule has 10 nitrogen and oxygen atoms in total. The van der Waals surface area contributed by atoms with Gasteiger partial charge in [-0.2, -0.15) is 10.4 Å². The standard InChI is InChI=1S/C16H19FN5O5P/c1-9(2)26-28(23)24-6-11-13(27-28)15(3,17)16(7-18,25-11)12-5-4-10-14(19)20-8-21-22(10)12/h4-5,8-9,11,13H,6H2,1-3H3,(H2,19,20,21)/t11-,13-,15-,16+,28?/m1/s1. The SMILES string of the molecule is CC(C)OP1(=O)OC[C@H]2O[C@@](C#N)(c3ccc4c(N)ncnn34)[C@](C)(F)[C@@H]2O1. The molecule has 2 aliphatic heterocycles. The van der Waals surface area contributed by atoms with Crippen LogP contribution in [0.4, 0.5) is 10.2 Å². The maximum absolute atomic E-state index is 16.1. The number of hydrogen-bond donors (Lipinski definition) is 1. The largest absolute Gasteiger partial charge is 0.475 e. The molecule has 0 saturated carbocycles. The molecule has 12 heteroatoms. The molecule has 2 N–H and O–H groups in total. The Morgan fingerprint density at radius 3 is 2.96 bits per heavy atom. The van der Waals surface area contributed by atoms with E-state index in [1.54, 1.807) is 19.9 Å². The summed E-state index contributed by atoms with van der Waals surface area (Å²) in [5.41, 5.74) is 1.83. The van der Waals surface area contributed by atoms with Crippen LogP contribution in [-0.4, -0.2) is 45.2 Å². The molecule has 2 fully saturated rings. The molecule has 0 aromatic carbocycles. The van der Waals surface area contributed by atoms with Gasteiger partial charge in [-0.25, -0.2) is 18.5 Å². The Morgan fingerprint density at radius 2 is 2.29 bits per heavy atom. The maximum atomic E-state index is 16.1. The normalized spacial score (nSPS) is 37.9. The van der Waals surface area contributed by atoms with Crippen molar-refractivity contribution in [2.75, 3.05) is 12.3 Å². The van der Waals surface area contributed by atoms with Gasteiger partial charge in [0.1, 0.15) is 30.1 Å². The third-order valence-corrected chi connectivity index (χ3v) is 6.50. The number of nitriles is 1. The molecule has 28 heavy (non-hydrogen) atoms. The van der Waals surface area contributed by atoms with Gasteiger partial charge in [-0.05, 0) is 32.9 Å². The highest BCUT2D eigenvalue weighted by Gasteiger charge is 2.70. The van der Waals surface area contributed by atoms with Gasteiger partial charge in [0.25, 0.3) is 0 Å². The van der Waals surface area contributed by atoms with Crippen molar-refractivity contribution in [3.8, 4) is 6.07 Å². The number of nitrogens with two attached hydrogens (primary N) is 1. The van der Waals surface area contributed by atoms with Gasteiger partial charge < -0.3 is 10.5 Å². The van der Waals surface area contributed by atoms with E-state index < -0.39 is 37.4 Å². The fourth-order valence-electron chi connectivity index (χ4n) is 3.61. The second-order valence-electron chi connectivity index (χ2n) is 7.11. The first kappa shape index (κ1) is 19.2. The number of aromatic nitrogens is 3. The van der Waals surface area contributed by atoms with Gasteiger partial charge in [-0.3, -0.25) is 13.6 Å². The average molecular weight is 411 g/mol. The van der Waals surface area contributed by atoms with E-state index in [-0.39, 0.29) is 18.1 Å². The van der Waals surface area contributed by atoms with Crippen LogP contribution in [0.15, 0.2) is 18.5 Å². The molecule has 0 spiro atoms. The summed E-state index contributed by atoms with van der Waals surface area (Å²) in [6.07, 6.45) is -1.60. The molecule has 0 radical (unpaired) electrons. The maximum Gasteiger partial charge on any atom is 0.475 e. The number of fused-ring (bicyclic) bond motifs is 2. The molecule has 4 rings (SSSR count). The number of ether oxygens (including phenoxy) is 1. The molecule has 150 valence electrons. The van der Waals surface area contributed by atoms with Crippen LogP contribution in [0.1, 0.15) is 26.5 Å². The minimum atomic E-state index is -4.00. The van der Waals surface area contributed by atoms with E-state index in [0.29, 0.717) is 5.52 Å². The molecule has 4 heterocycles. The van der Waals surface area contributed by atoms with Crippen LogP contribution in [0.2, 0.25) is 0 Å². The number of anilines is 1. The van der Waals surface area contributed by atoms with Gasteiger partial charge in [-0.15, -0.1) is 0 Å². The molecule has 0 bridgehead atoms. The highest BCUT2D eigenvalue weighted by atomic mass is 31.2. The van der Waals surface area contributed by atoms with Crippen LogP contribution >= 0.6 is 7.82 Å². The second-order valence-corrected chi connectivity index (χ2v) is 8.68. The number of phosphoric acid groups is 1. The van der Waals surface area contributed by atoms with Crippen molar-refractivity contribution in [3.63, 3.8) is 0 Å². The summed E-state index contributed by atoms with van der Waals surface area (Å²) in [5, 5.41) is 14.0. The Balaban J connectivity index is 1.80. The van der Waals surface area contributed by atoms with Crippen molar-refractivity contribution >= 4 is 19.2 Å². The Hall–Kier alpha value is -2.09. The van der Waals surface area contributed by atoms with E-state index in [4.69, 9.17) is 24.0 Å². The third kappa shape index (κ3) is 2.57. The van der Waals surface area contributed by atoms with Crippen molar-refractivity contribution in [2.45, 2.75) is 50.4 Å². The van der Waals surface area contributed by atoms with E-state index in [2.05, 4.69) is 10.1 Å². The summed E-state index contributed by atoms with van der Waals surface area (Å²) in [5.74, 6) is 0.166. The molecule has 0 aliphatic carbocycles. The van der Waals surface area contributed by atoms with Gasteiger partial charge in [0, 0.05) is 0 Å². The third-order valence-electron chi connectivity index (χ3n) is 4.87. The number of nitrogens with zero attached hydrogens (tertiary/aromatic N) is 4. The first-order valence-electron chi connectivity index (χ1n) is 8.61. The number of phosphoric ester groups is 1. The smallest absolute Gasteiger partial charge is 0.382 e. The molecular weight excluding hydrogens is 392 g/mol. The highest BCUT2D eigenvalue weighted by Crippen LogP contribution is 2.62. The topological polar surface area (TPSA) is 134 Å². The molecule has 0 amide bonds. The molecule has 2 aliphatic rings. The first-order chi connectivity index (χ1) is 13.1. The number of hydrogen-bond acceptors (Lipinski definition) is 9. The lowest BCUT2D eigenvalue weighted by molar-refractivity contribution is -0.0802. The minimum Gasteiger partial charge on any atom is -0.382 e. The summed E-state index contributed by atoms with van der Waals surface area (Å²) in [6, 6.07) is 4.98. The predicted octanol–water partition coefficient (Wildman–Crippen LogP) is 2.11. The van der Waals surface area contributed by atoms with Crippen LogP contribution in [0.3, 0.4) is 0 Å². The molecule has 2 saturated heterocycles. The Morgan fingerprint density at radius 1 is 1.54 bits per heavy atom. The fraction of sp³-hybridized carbons (Fsp3) is 0.562. The number of nitrogen functional groups attached to an aromatic ring is 1. The lowest BCUT2D eigenvalue weighted by atomic mass is 9.82. The quantitative estimate of drug-likeness (QED) is 0.754. The van der Waals surface area contributed by atoms with Gasteiger partial charge in [0.15, 0.2) is 11.5 Å². The van der Waals surface area contributed by atoms with Gasteiger partial charge in [0.2, 0.25) is 5.60 Å². The van der Waals surface area contributed by atoms with Crippen molar-refractivity contribution in [3.05, 3.63) is 24.2 Å². The summed E-state index contributed by atoms with van der Waals surface area (Å²) < 4.78 is 51.8. The van der Waals surface area contributed by atoms with Crippen LogP contribution < -0.4 is 5.73 Å². The first-order valence-corrected chi connectivity index (χ1v) is 10.1. The average Bonchev–Trinajstić information content (AvgIpc) is 3.13. The lowest BCUT2D eigenvalue weighted by Gasteiger charge is -2.35. The zero-order chi connectivity index (χ0) is 20.3. The minimum absolute atomic E-state index is 0.113. The molecule has 2 aromatic heterocycles. The molecular formula is C16H19FN5O5P. The van der Waals surface area contributed by atoms with Crippen LogP contribution in [0, 0.1) is 11.3 Å². The van der Waals surface area contributed by atoms with Crippen LogP contribution in [0.5, 0.6) is 0 Å². The molecule has 2 aromatic rings. The summed E-state index contributed by atoms with van der Waals surface area (Å²) in [7, 11) is -4.00. The van der Waals surface area contributed by atoms with Crippen molar-refractivity contribution < 1.29 is 27.3 Å². The van der Waals surface area contributed by atoms with Crippen molar-refractivity contribution in [1.29, 1.82) is 5.26 Å². The van der Waals surface area contributed by atoms with Gasteiger partial charge >= 0.3 is 7.82 Å². The van der Waals surface area contributed by atoms with E-state index in [1.165, 1.54) is 16.9 Å². The van der Waals surface area contributed by atoms with E-state index in [0.717, 1.165) is 6.92 Å². The fourth-order valence-corrected chi connectivity index (χ4v) is 5.24. The predicted molar refractivity (Wildman–Crippen MR) is 93.7 cm³/mol. The number of rotatable bonds is 3. The zero-order valence-corrected chi connectivity index (χ0v) is 16.3. The van der Waals surface area contributed by atoms with Crippen LogP contribution in [-0.2, 0) is 28.5 Å². The summed E-state index contributed by atoms with van der Waals surface area (Å²) >= 11 is 0. The Kier molecular flexibility index (Phi) is 4.26. The van der Waals surface area contributed by atoms with E-state index in [9.17, 15) is 9.83 Å². The Bertz CT molecular complexity index is 1020. The lowest BCUT2D eigenvalue weighted by Crippen LogP contribution is -2.50. The molecule has 1 unspecified atom stereocenters. The zero-order valence-electron chi connectivity index (χ0n) is 15.4. The van der Waals surface area contributed by atoms with Crippen LogP contribution in [0.25, 0.3) is 5.52 Å².